The van der Waals surface area contributed by atoms with Gasteiger partial charge in [0.15, 0.2) is 0 Å². The molecule has 0 saturated heterocycles. The Kier molecular flexibility index (Phi) is 6.20. The number of fused-ring (bicyclic) bond motifs is 1. The summed E-state index contributed by atoms with van der Waals surface area (Å²) in [6.07, 6.45) is 2.67. The van der Waals surface area contributed by atoms with Gasteiger partial charge in [-0.15, -0.1) is 0 Å². The van der Waals surface area contributed by atoms with Gasteiger partial charge in [0.05, 0.1) is 23.4 Å². The van der Waals surface area contributed by atoms with Gasteiger partial charge in [-0.2, -0.15) is 5.26 Å². The summed E-state index contributed by atoms with van der Waals surface area (Å²) in [5.74, 6) is -0.811. The van der Waals surface area contributed by atoms with Crippen molar-refractivity contribution >= 4 is 23.1 Å². The monoisotopic (exact) mass is 404 g/mol. The molecule has 0 aliphatic carbocycles. The minimum absolute atomic E-state index is 0.0213. The van der Waals surface area contributed by atoms with Crippen LogP contribution in [0.4, 0.5) is 5.69 Å². The van der Waals surface area contributed by atoms with Gasteiger partial charge in [0, 0.05) is 24.8 Å². The predicted molar refractivity (Wildman–Crippen MR) is 111 cm³/mol. The lowest BCUT2D eigenvalue weighted by molar-refractivity contribution is 0.0949. The van der Waals surface area contributed by atoms with Gasteiger partial charge in [0.2, 0.25) is 0 Å². The number of hydrogen-bond donors (Lipinski definition) is 2. The topological polar surface area (TPSA) is 120 Å². The predicted octanol–water partition coefficient (Wildman–Crippen LogP) is 1.11. The molecule has 0 fully saturated rings. The van der Waals surface area contributed by atoms with E-state index in [4.69, 9.17) is 5.26 Å². The number of carbonyl (C=O) groups is 2. The maximum atomic E-state index is 12.8. The number of carbonyl (C=O) groups excluding carboxylic acids is 2. The van der Waals surface area contributed by atoms with Crippen LogP contribution in [0.25, 0.3) is 5.65 Å². The van der Waals surface area contributed by atoms with E-state index in [0.717, 1.165) is 0 Å². The van der Waals surface area contributed by atoms with Gasteiger partial charge < -0.3 is 15.5 Å². The van der Waals surface area contributed by atoms with Crippen molar-refractivity contribution in [3.8, 4) is 6.07 Å². The van der Waals surface area contributed by atoms with Gasteiger partial charge >= 0.3 is 0 Å². The third-order valence-corrected chi connectivity index (χ3v) is 4.33. The molecule has 0 unspecified atom stereocenters. The molecule has 9 heteroatoms. The highest BCUT2D eigenvalue weighted by molar-refractivity contribution is 6.04. The average Bonchev–Trinajstić information content (AvgIpc) is 2.75. The van der Waals surface area contributed by atoms with Crippen LogP contribution in [0.5, 0.6) is 0 Å². The molecule has 1 aromatic carbocycles. The van der Waals surface area contributed by atoms with E-state index in [1.165, 1.54) is 41.1 Å². The van der Waals surface area contributed by atoms with Crippen molar-refractivity contribution in [1.29, 1.82) is 5.26 Å². The van der Waals surface area contributed by atoms with Gasteiger partial charge in [-0.05, 0) is 50.5 Å². The molecule has 0 spiro atoms. The van der Waals surface area contributed by atoms with Crippen LogP contribution in [0.15, 0.2) is 53.6 Å². The van der Waals surface area contributed by atoms with Crippen molar-refractivity contribution in [2.75, 3.05) is 32.5 Å². The van der Waals surface area contributed by atoms with Crippen LogP contribution in [0, 0.1) is 11.3 Å². The molecule has 3 aromatic rings. The van der Waals surface area contributed by atoms with Crippen molar-refractivity contribution < 1.29 is 9.59 Å². The van der Waals surface area contributed by atoms with E-state index in [2.05, 4.69) is 15.6 Å². The van der Waals surface area contributed by atoms with Crippen molar-refractivity contribution in [2.45, 2.75) is 0 Å². The molecule has 0 aliphatic rings. The second-order valence-corrected chi connectivity index (χ2v) is 6.83. The molecule has 152 valence electrons. The van der Waals surface area contributed by atoms with Gasteiger partial charge in [-0.3, -0.25) is 18.8 Å². The first-order valence-corrected chi connectivity index (χ1v) is 9.15. The largest absolute Gasteiger partial charge is 0.351 e. The molecule has 2 N–H and O–H groups in total. The number of likely N-dealkylation sites (N-methyl/N-ethyl adjacent to an activating group) is 1. The quantitative estimate of drug-likeness (QED) is 0.635. The number of rotatable bonds is 6. The smallest absolute Gasteiger partial charge is 0.281 e. The second-order valence-electron chi connectivity index (χ2n) is 6.83. The van der Waals surface area contributed by atoms with E-state index in [1.54, 1.807) is 12.1 Å². The maximum absolute atomic E-state index is 12.8. The molecule has 2 amide bonds. The molecule has 0 saturated carbocycles. The van der Waals surface area contributed by atoms with Crippen LogP contribution in [0.3, 0.4) is 0 Å². The van der Waals surface area contributed by atoms with Crippen LogP contribution in [-0.4, -0.2) is 53.3 Å². The fraction of sp³-hybridized carbons (Fsp3) is 0.190. The Labute approximate surface area is 172 Å². The minimum atomic E-state index is -0.509. The number of aromatic nitrogens is 2. The Morgan fingerprint density at radius 2 is 1.80 bits per heavy atom. The summed E-state index contributed by atoms with van der Waals surface area (Å²) in [6, 6.07) is 11.1. The van der Waals surface area contributed by atoms with Crippen molar-refractivity contribution in [3.63, 3.8) is 0 Å². The van der Waals surface area contributed by atoms with Crippen LogP contribution in [-0.2, 0) is 0 Å². The number of benzene rings is 1. The minimum Gasteiger partial charge on any atom is -0.351 e. The molecule has 30 heavy (non-hydrogen) atoms. The molecule has 0 radical (unpaired) electrons. The van der Waals surface area contributed by atoms with E-state index in [9.17, 15) is 14.4 Å². The molecule has 0 atom stereocenters. The summed E-state index contributed by atoms with van der Waals surface area (Å²) in [5.41, 5.74) is 0.849. The number of nitrogens with zero attached hydrogens (tertiary/aromatic N) is 4. The van der Waals surface area contributed by atoms with Crippen LogP contribution in [0.2, 0.25) is 0 Å². The van der Waals surface area contributed by atoms with E-state index in [-0.39, 0.29) is 11.6 Å². The zero-order valence-electron chi connectivity index (χ0n) is 16.5. The second kappa shape index (κ2) is 8.98. The van der Waals surface area contributed by atoms with Crippen molar-refractivity contribution in [2.24, 2.45) is 0 Å². The highest BCUT2D eigenvalue weighted by Crippen LogP contribution is 2.09. The summed E-state index contributed by atoms with van der Waals surface area (Å²) in [6.45, 7) is 1.16. The SMILES string of the molecule is CN(C)CCNC(=O)c1ccc2ncc(NC(=O)c3ccc(C#N)cc3)c(=O)n2c1. The van der Waals surface area contributed by atoms with Gasteiger partial charge in [0.1, 0.15) is 11.3 Å². The first kappa shape index (κ1) is 20.7. The molecule has 2 aromatic heterocycles. The van der Waals surface area contributed by atoms with Gasteiger partial charge in [-0.25, -0.2) is 4.98 Å². The lowest BCUT2D eigenvalue weighted by Gasteiger charge is -2.11. The van der Waals surface area contributed by atoms with Gasteiger partial charge in [0.25, 0.3) is 17.4 Å². The Morgan fingerprint density at radius 3 is 2.47 bits per heavy atom. The fourth-order valence-electron chi connectivity index (χ4n) is 2.68. The molecular weight excluding hydrogens is 384 g/mol. The molecule has 0 bridgehead atoms. The molecule has 9 nitrogen and oxygen atoms in total. The number of nitrogens with one attached hydrogen (secondary N) is 2. The Morgan fingerprint density at radius 1 is 1.10 bits per heavy atom. The van der Waals surface area contributed by atoms with Crippen molar-refractivity contribution in [3.05, 3.63) is 75.8 Å². The molecular formula is C21H20N6O3. The summed E-state index contributed by atoms with van der Waals surface area (Å²) >= 11 is 0. The summed E-state index contributed by atoms with van der Waals surface area (Å²) in [7, 11) is 3.81. The molecule has 0 aliphatic heterocycles. The first-order valence-electron chi connectivity index (χ1n) is 9.15. The van der Waals surface area contributed by atoms with Gasteiger partial charge in [-0.1, -0.05) is 0 Å². The normalized spacial score (nSPS) is 10.6. The average molecular weight is 404 g/mol. The van der Waals surface area contributed by atoms with E-state index >= 15 is 0 Å². The van der Waals surface area contributed by atoms with E-state index < -0.39 is 11.5 Å². The third kappa shape index (κ3) is 4.68. The summed E-state index contributed by atoms with van der Waals surface area (Å²) in [4.78, 5) is 43.6. The number of hydrogen-bond acceptors (Lipinski definition) is 6. The zero-order chi connectivity index (χ0) is 21.7. The molecule has 2 heterocycles. The Hall–Kier alpha value is -4.03. The van der Waals surface area contributed by atoms with Crippen molar-refractivity contribution in [1.82, 2.24) is 19.6 Å². The van der Waals surface area contributed by atoms with Crippen LogP contribution < -0.4 is 16.2 Å². The van der Waals surface area contributed by atoms with E-state index in [0.29, 0.717) is 35.4 Å². The summed E-state index contributed by atoms with van der Waals surface area (Å²) in [5, 5.41) is 14.2. The van der Waals surface area contributed by atoms with Crippen LogP contribution in [0.1, 0.15) is 26.3 Å². The lowest BCUT2D eigenvalue weighted by atomic mass is 10.1. The van der Waals surface area contributed by atoms with Crippen LogP contribution >= 0.6 is 0 Å². The highest BCUT2D eigenvalue weighted by atomic mass is 16.2. The number of nitriles is 1. The maximum Gasteiger partial charge on any atom is 0.281 e. The highest BCUT2D eigenvalue weighted by Gasteiger charge is 2.13. The zero-order valence-corrected chi connectivity index (χ0v) is 16.5. The molecule has 3 rings (SSSR count). The number of pyridine rings is 1. The van der Waals surface area contributed by atoms with E-state index in [1.807, 2.05) is 25.1 Å². The number of amides is 2. The Balaban J connectivity index is 1.83. The third-order valence-electron chi connectivity index (χ3n) is 4.33. The Bertz CT molecular complexity index is 1190. The fourth-order valence-corrected chi connectivity index (χ4v) is 2.68. The first-order chi connectivity index (χ1) is 14.4. The lowest BCUT2D eigenvalue weighted by Crippen LogP contribution is -2.32. The standard InChI is InChI=1S/C21H20N6O3/c1-26(2)10-9-23-19(28)16-7-8-18-24-12-17(21(30)27(18)13-16)25-20(29)15-5-3-14(11-22)4-6-15/h3-8,12-13H,9-10H2,1-2H3,(H,23,28)(H,25,29). The number of anilines is 1. The summed E-state index contributed by atoms with van der Waals surface area (Å²) < 4.78 is 1.22.